The van der Waals surface area contributed by atoms with E-state index in [1.54, 1.807) is 0 Å². The zero-order valence-electron chi connectivity index (χ0n) is 25.0. The maximum absolute atomic E-state index is 12.9. The summed E-state index contributed by atoms with van der Waals surface area (Å²) in [7, 11) is 4.19. The number of hydrogen-bond acceptors (Lipinski definition) is 2. The Bertz CT molecular complexity index is 806. The van der Waals surface area contributed by atoms with Gasteiger partial charge in [0.25, 0.3) is 0 Å². The summed E-state index contributed by atoms with van der Waals surface area (Å²) in [4.78, 5) is 17.2. The molecule has 1 rings (SSSR count). The maximum Gasteiger partial charge on any atom is 0.246 e. The van der Waals surface area contributed by atoms with Crippen LogP contribution >= 0.6 is 0 Å². The van der Waals surface area contributed by atoms with E-state index in [1.165, 1.54) is 40.7 Å². The van der Waals surface area contributed by atoms with Crippen LogP contribution in [0.1, 0.15) is 112 Å². The molecular weight excluding hydrogens is 440 g/mol. The van der Waals surface area contributed by atoms with Gasteiger partial charge in [0.15, 0.2) is 0 Å². The molecule has 1 fully saturated rings. The van der Waals surface area contributed by atoms with Gasteiger partial charge in [-0.3, -0.25) is 4.79 Å². The average Bonchev–Trinajstić information content (AvgIpc) is 2.78. The number of carbonyl (C=O) groups excluding carboxylic acids is 1. The summed E-state index contributed by atoms with van der Waals surface area (Å²) in [6, 6.07) is 0.358. The first-order valence-electron chi connectivity index (χ1n) is 14.3. The molecule has 204 valence electrons. The molecule has 0 aromatic rings. The van der Waals surface area contributed by atoms with Gasteiger partial charge >= 0.3 is 0 Å². The van der Waals surface area contributed by atoms with Crippen LogP contribution < -0.4 is 0 Å². The highest BCUT2D eigenvalue weighted by Gasteiger charge is 2.25. The molecule has 0 aromatic heterocycles. The first-order valence-corrected chi connectivity index (χ1v) is 14.3. The lowest BCUT2D eigenvalue weighted by Gasteiger charge is -2.36. The third-order valence-corrected chi connectivity index (χ3v) is 7.04. The number of amides is 1. The molecule has 1 heterocycles. The molecule has 1 aliphatic heterocycles. The minimum atomic E-state index is 0.207. The summed E-state index contributed by atoms with van der Waals surface area (Å²) >= 11 is 0. The van der Waals surface area contributed by atoms with Gasteiger partial charge in [-0.2, -0.15) is 0 Å². The fourth-order valence-electron chi connectivity index (χ4n) is 4.80. The summed E-state index contributed by atoms with van der Waals surface area (Å²) < 4.78 is 0. The third-order valence-electron chi connectivity index (χ3n) is 7.04. The van der Waals surface area contributed by atoms with Gasteiger partial charge in [0.05, 0.1) is 0 Å². The van der Waals surface area contributed by atoms with Gasteiger partial charge < -0.3 is 9.80 Å². The van der Waals surface area contributed by atoms with Crippen molar-refractivity contribution in [2.24, 2.45) is 0 Å². The van der Waals surface area contributed by atoms with Crippen molar-refractivity contribution in [1.29, 1.82) is 0 Å². The largest absolute Gasteiger partial charge is 0.335 e. The highest BCUT2D eigenvalue weighted by molar-refractivity contribution is 5.88. The summed E-state index contributed by atoms with van der Waals surface area (Å²) in [6.45, 7) is 15.1. The number of allylic oxidation sites excluding steroid dienone is 9. The van der Waals surface area contributed by atoms with Crippen LogP contribution in [0.3, 0.4) is 0 Å². The Labute approximate surface area is 224 Å². The molecule has 1 saturated heterocycles. The first kappa shape index (κ1) is 32.2. The Morgan fingerprint density at radius 1 is 0.722 bits per heavy atom. The van der Waals surface area contributed by atoms with Gasteiger partial charge in [-0.15, -0.1) is 0 Å². The van der Waals surface area contributed by atoms with Crippen LogP contribution in [0.4, 0.5) is 0 Å². The smallest absolute Gasteiger partial charge is 0.246 e. The Morgan fingerprint density at radius 2 is 1.19 bits per heavy atom. The lowest BCUT2D eigenvalue weighted by atomic mass is 10.0. The molecule has 0 aliphatic carbocycles. The van der Waals surface area contributed by atoms with E-state index in [1.807, 2.05) is 6.08 Å². The molecule has 0 radical (unpaired) electrons. The summed E-state index contributed by atoms with van der Waals surface area (Å²) in [5.41, 5.74) is 7.07. The normalized spacial score (nSPS) is 18.1. The van der Waals surface area contributed by atoms with Gasteiger partial charge in [-0.25, -0.2) is 0 Å². The van der Waals surface area contributed by atoms with E-state index >= 15 is 0 Å². The highest BCUT2D eigenvalue weighted by atomic mass is 16.2. The number of rotatable bonds is 15. The maximum atomic E-state index is 12.9. The second-order valence-corrected chi connectivity index (χ2v) is 11.5. The van der Waals surface area contributed by atoms with Crippen LogP contribution in [0, 0.1) is 0 Å². The fraction of sp³-hybridized carbons (Fsp3) is 0.667. The Morgan fingerprint density at radius 3 is 1.67 bits per heavy atom. The van der Waals surface area contributed by atoms with Gasteiger partial charge in [0.1, 0.15) is 0 Å². The minimum absolute atomic E-state index is 0.207. The average molecular weight is 497 g/mol. The molecule has 0 N–H and O–H groups in total. The molecular formula is C33H56N2O. The van der Waals surface area contributed by atoms with Gasteiger partial charge in [0, 0.05) is 25.2 Å². The third kappa shape index (κ3) is 15.3. The van der Waals surface area contributed by atoms with Crippen molar-refractivity contribution < 1.29 is 4.79 Å². The lowest BCUT2D eigenvalue weighted by Crippen LogP contribution is -2.47. The predicted molar refractivity (Wildman–Crippen MR) is 159 cm³/mol. The van der Waals surface area contributed by atoms with Crippen LogP contribution in [-0.4, -0.2) is 48.9 Å². The highest BCUT2D eigenvalue weighted by Crippen LogP contribution is 2.19. The van der Waals surface area contributed by atoms with E-state index in [9.17, 15) is 4.79 Å². The first-order chi connectivity index (χ1) is 17.1. The van der Waals surface area contributed by atoms with Crippen molar-refractivity contribution in [1.82, 2.24) is 9.80 Å². The second kappa shape index (κ2) is 18.4. The van der Waals surface area contributed by atoms with Crippen LogP contribution in [0.15, 0.2) is 58.2 Å². The number of nitrogens with zero attached hydrogens (tertiary/aromatic N) is 2. The number of carbonyl (C=O) groups is 1. The van der Waals surface area contributed by atoms with Crippen molar-refractivity contribution in [2.45, 2.75) is 118 Å². The lowest BCUT2D eigenvalue weighted by molar-refractivity contribution is -0.129. The van der Waals surface area contributed by atoms with E-state index in [-0.39, 0.29) is 5.91 Å². The molecule has 1 unspecified atom stereocenters. The molecule has 36 heavy (non-hydrogen) atoms. The molecule has 1 atom stereocenters. The van der Waals surface area contributed by atoms with E-state index in [2.05, 4.69) is 89.7 Å². The van der Waals surface area contributed by atoms with Crippen LogP contribution in [-0.2, 0) is 4.79 Å². The van der Waals surface area contributed by atoms with Gasteiger partial charge in [0.2, 0.25) is 5.91 Å². The minimum Gasteiger partial charge on any atom is -0.335 e. The Hall–Kier alpha value is -1.87. The van der Waals surface area contributed by atoms with Crippen molar-refractivity contribution in [3.8, 4) is 0 Å². The van der Waals surface area contributed by atoms with Gasteiger partial charge in [-0.05, 0) is 126 Å². The Balaban J connectivity index is 2.36. The molecule has 1 aliphatic rings. The topological polar surface area (TPSA) is 23.6 Å². The summed E-state index contributed by atoms with van der Waals surface area (Å²) in [6.07, 6.45) is 23.8. The predicted octanol–water partition coefficient (Wildman–Crippen LogP) is 8.80. The number of likely N-dealkylation sites (tertiary alicyclic amines) is 1. The molecule has 0 aromatic carbocycles. The molecule has 3 heteroatoms. The van der Waals surface area contributed by atoms with Crippen molar-refractivity contribution in [3.05, 3.63) is 58.2 Å². The van der Waals surface area contributed by atoms with Crippen molar-refractivity contribution in [2.75, 3.05) is 27.2 Å². The van der Waals surface area contributed by atoms with Crippen LogP contribution in [0.25, 0.3) is 0 Å². The number of piperidine rings is 1. The molecule has 0 bridgehead atoms. The molecule has 1 amide bonds. The van der Waals surface area contributed by atoms with E-state index < -0.39 is 0 Å². The fourth-order valence-corrected chi connectivity index (χ4v) is 4.80. The summed E-state index contributed by atoms with van der Waals surface area (Å²) in [5, 5.41) is 0. The van der Waals surface area contributed by atoms with E-state index in [4.69, 9.17) is 0 Å². The number of likely N-dealkylation sites (N-methyl/N-ethyl adjacent to an activating group) is 1. The molecule has 0 saturated carbocycles. The van der Waals surface area contributed by atoms with E-state index in [0.717, 1.165) is 70.9 Å². The zero-order valence-corrected chi connectivity index (χ0v) is 25.0. The van der Waals surface area contributed by atoms with Crippen molar-refractivity contribution in [3.63, 3.8) is 0 Å². The SMILES string of the molecule is CC(C)=CCC/C(C)=C/CC/C(C)=C/CC/C(C)=C/CC/C(C)=C/C(=O)N1CCCCC1CN(C)C. The van der Waals surface area contributed by atoms with Gasteiger partial charge in [-0.1, -0.05) is 52.2 Å². The van der Waals surface area contributed by atoms with Crippen LogP contribution in [0.2, 0.25) is 0 Å². The Kier molecular flexibility index (Phi) is 16.4. The second-order valence-electron chi connectivity index (χ2n) is 11.5. The molecule has 0 spiro atoms. The zero-order chi connectivity index (χ0) is 26.9. The van der Waals surface area contributed by atoms with Crippen LogP contribution in [0.5, 0.6) is 0 Å². The van der Waals surface area contributed by atoms with Crippen molar-refractivity contribution >= 4 is 5.91 Å². The van der Waals surface area contributed by atoms with E-state index in [0.29, 0.717) is 6.04 Å². The standard InChI is InChI=1S/C33H56N2O/c1-27(2)15-11-16-28(3)17-12-18-29(4)19-13-20-30(5)21-14-22-31(6)25-33(36)35-24-10-9-23-32(35)26-34(7)8/h15,17,19,21,25,32H,9-14,16,18,20,22-24,26H2,1-8H3/b28-17+,29-19+,30-21+,31-25+. The number of hydrogen-bond donors (Lipinski definition) is 0. The monoisotopic (exact) mass is 496 g/mol. The summed E-state index contributed by atoms with van der Waals surface area (Å²) in [5.74, 6) is 0.207. The quantitative estimate of drug-likeness (QED) is 0.167. The molecule has 3 nitrogen and oxygen atoms in total.